The number of benzene rings is 1. The highest BCUT2D eigenvalue weighted by atomic mass is 19.4. The van der Waals surface area contributed by atoms with E-state index in [0.29, 0.717) is 25.3 Å². The molecule has 1 amide bonds. The van der Waals surface area contributed by atoms with E-state index in [1.165, 1.54) is 12.1 Å². The molecule has 2 aliphatic rings. The minimum Gasteiger partial charge on any atom is -0.444 e. The zero-order chi connectivity index (χ0) is 22.9. The SMILES string of the molecule is CC1(NCc2ccc(C(F)(F)F)cc2N2CCCC2)CCN(C(=O)OC(C)(C)C)CC1. The molecule has 1 aromatic carbocycles. The number of hydrogen-bond donors (Lipinski definition) is 1. The number of halogens is 3. The number of nitrogens with zero attached hydrogens (tertiary/aromatic N) is 2. The normalized spacial score (nSPS) is 19.6. The van der Waals surface area contributed by atoms with Crippen LogP contribution in [0.1, 0.15) is 64.5 Å². The van der Waals surface area contributed by atoms with E-state index in [1.54, 1.807) is 11.0 Å². The average Bonchev–Trinajstić information content (AvgIpc) is 3.19. The van der Waals surface area contributed by atoms with Gasteiger partial charge in [-0.15, -0.1) is 0 Å². The number of anilines is 1. The number of ether oxygens (including phenoxy) is 1. The molecular formula is C23H34F3N3O2. The number of nitrogens with one attached hydrogen (secondary N) is 1. The van der Waals surface area contributed by atoms with Crippen molar-refractivity contribution < 1.29 is 22.7 Å². The summed E-state index contributed by atoms with van der Waals surface area (Å²) in [6, 6.07) is 4.06. The highest BCUT2D eigenvalue weighted by Gasteiger charge is 2.35. The molecular weight excluding hydrogens is 407 g/mol. The lowest BCUT2D eigenvalue weighted by molar-refractivity contribution is -0.137. The highest BCUT2D eigenvalue weighted by Crippen LogP contribution is 2.35. The van der Waals surface area contributed by atoms with E-state index in [1.807, 2.05) is 20.8 Å². The van der Waals surface area contributed by atoms with Crippen LogP contribution in [-0.2, 0) is 17.5 Å². The van der Waals surface area contributed by atoms with E-state index in [4.69, 9.17) is 4.74 Å². The lowest BCUT2D eigenvalue weighted by Gasteiger charge is -2.40. The van der Waals surface area contributed by atoms with E-state index in [9.17, 15) is 18.0 Å². The number of piperidine rings is 1. The molecule has 0 radical (unpaired) electrons. The van der Waals surface area contributed by atoms with Crippen LogP contribution in [-0.4, -0.2) is 48.3 Å². The van der Waals surface area contributed by atoms with Crippen molar-refractivity contribution in [2.24, 2.45) is 0 Å². The third kappa shape index (κ3) is 6.28. The molecule has 0 aliphatic carbocycles. The number of carbonyl (C=O) groups excluding carboxylic acids is 1. The van der Waals surface area contributed by atoms with Crippen LogP contribution in [0.3, 0.4) is 0 Å². The molecule has 2 saturated heterocycles. The Hall–Kier alpha value is -1.96. The summed E-state index contributed by atoms with van der Waals surface area (Å²) >= 11 is 0. The largest absolute Gasteiger partial charge is 0.444 e. The molecule has 5 nitrogen and oxygen atoms in total. The summed E-state index contributed by atoms with van der Waals surface area (Å²) in [6.07, 6.45) is -1.13. The highest BCUT2D eigenvalue weighted by molar-refractivity contribution is 5.68. The number of hydrogen-bond acceptors (Lipinski definition) is 4. The topological polar surface area (TPSA) is 44.8 Å². The van der Waals surface area contributed by atoms with Crippen molar-refractivity contribution in [3.8, 4) is 0 Å². The molecule has 0 spiro atoms. The first-order valence-corrected chi connectivity index (χ1v) is 11.0. The van der Waals surface area contributed by atoms with Gasteiger partial charge in [-0.05, 0) is 71.1 Å². The maximum atomic E-state index is 13.3. The monoisotopic (exact) mass is 441 g/mol. The van der Waals surface area contributed by atoms with Crippen LogP contribution >= 0.6 is 0 Å². The maximum absolute atomic E-state index is 13.3. The molecule has 2 fully saturated rings. The average molecular weight is 442 g/mol. The Balaban J connectivity index is 1.65. The summed E-state index contributed by atoms with van der Waals surface area (Å²) in [5.74, 6) is 0. The second-order valence-corrected chi connectivity index (χ2v) is 9.92. The molecule has 174 valence electrons. The summed E-state index contributed by atoms with van der Waals surface area (Å²) in [5, 5.41) is 3.56. The molecule has 3 rings (SSSR count). The van der Waals surface area contributed by atoms with Gasteiger partial charge in [-0.1, -0.05) is 6.07 Å². The van der Waals surface area contributed by atoms with Crippen molar-refractivity contribution in [3.05, 3.63) is 29.3 Å². The van der Waals surface area contributed by atoms with Gasteiger partial charge in [0.05, 0.1) is 5.56 Å². The number of rotatable bonds is 4. The summed E-state index contributed by atoms with van der Waals surface area (Å²) in [6.45, 7) is 10.9. The Morgan fingerprint density at radius 2 is 1.71 bits per heavy atom. The van der Waals surface area contributed by atoms with Crippen molar-refractivity contribution in [2.75, 3.05) is 31.1 Å². The standard InChI is InChI=1S/C23H34F3N3O2/c1-21(2,3)31-20(30)29-13-9-22(4,10-14-29)27-16-17-7-8-18(23(24,25)26)15-19(17)28-11-5-6-12-28/h7-8,15,27H,5-6,9-14,16H2,1-4H3. The molecule has 8 heteroatoms. The second kappa shape index (κ2) is 8.88. The van der Waals surface area contributed by atoms with Crippen LogP contribution in [0.2, 0.25) is 0 Å². The van der Waals surface area contributed by atoms with Gasteiger partial charge in [0.25, 0.3) is 0 Å². The van der Waals surface area contributed by atoms with Crippen LogP contribution in [0.4, 0.5) is 23.7 Å². The fraction of sp³-hybridized carbons (Fsp3) is 0.696. The molecule has 2 aliphatic heterocycles. The third-order valence-electron chi connectivity index (χ3n) is 6.08. The molecule has 1 N–H and O–H groups in total. The summed E-state index contributed by atoms with van der Waals surface area (Å²) in [4.78, 5) is 16.1. The molecule has 31 heavy (non-hydrogen) atoms. The van der Waals surface area contributed by atoms with Crippen LogP contribution in [0.25, 0.3) is 0 Å². The second-order valence-electron chi connectivity index (χ2n) is 9.92. The Morgan fingerprint density at radius 3 is 2.26 bits per heavy atom. The van der Waals surface area contributed by atoms with Crippen molar-refractivity contribution in [2.45, 2.75) is 77.2 Å². The number of carbonyl (C=O) groups is 1. The van der Waals surface area contributed by atoms with Gasteiger partial charge in [-0.3, -0.25) is 0 Å². The molecule has 0 atom stereocenters. The first kappa shape index (κ1) is 23.7. The van der Waals surface area contributed by atoms with Gasteiger partial charge < -0.3 is 19.9 Å². The van der Waals surface area contributed by atoms with Gasteiger partial charge >= 0.3 is 12.3 Å². The Labute approximate surface area is 182 Å². The van der Waals surface area contributed by atoms with Crippen LogP contribution in [0.15, 0.2) is 18.2 Å². The van der Waals surface area contributed by atoms with Crippen LogP contribution < -0.4 is 10.2 Å². The predicted octanol–water partition coefficient (Wildman–Crippen LogP) is 5.18. The minimum atomic E-state index is -4.35. The van der Waals surface area contributed by atoms with E-state index in [0.717, 1.165) is 44.3 Å². The van der Waals surface area contributed by atoms with E-state index >= 15 is 0 Å². The summed E-state index contributed by atoms with van der Waals surface area (Å²) in [5.41, 5.74) is 0.240. The zero-order valence-corrected chi connectivity index (χ0v) is 18.9. The number of amides is 1. The maximum Gasteiger partial charge on any atom is 0.416 e. The lowest BCUT2D eigenvalue weighted by atomic mass is 9.89. The van der Waals surface area contributed by atoms with Crippen molar-refractivity contribution in [1.82, 2.24) is 10.2 Å². The fourth-order valence-corrected chi connectivity index (χ4v) is 4.14. The summed E-state index contributed by atoms with van der Waals surface area (Å²) in [7, 11) is 0. The first-order valence-electron chi connectivity index (χ1n) is 11.0. The van der Waals surface area contributed by atoms with Crippen LogP contribution in [0.5, 0.6) is 0 Å². The van der Waals surface area contributed by atoms with Gasteiger partial charge in [0.15, 0.2) is 0 Å². The van der Waals surface area contributed by atoms with Gasteiger partial charge in [0, 0.05) is 44.0 Å². The van der Waals surface area contributed by atoms with Crippen LogP contribution in [0, 0.1) is 0 Å². The molecule has 1 aromatic rings. The van der Waals surface area contributed by atoms with Gasteiger partial charge in [-0.2, -0.15) is 13.2 Å². The molecule has 2 heterocycles. The number of likely N-dealkylation sites (tertiary alicyclic amines) is 1. The van der Waals surface area contributed by atoms with E-state index in [2.05, 4.69) is 17.1 Å². The van der Waals surface area contributed by atoms with Gasteiger partial charge in [0.2, 0.25) is 0 Å². The molecule has 0 saturated carbocycles. The van der Waals surface area contributed by atoms with Crippen molar-refractivity contribution >= 4 is 11.8 Å². The Kier molecular flexibility index (Phi) is 6.79. The quantitative estimate of drug-likeness (QED) is 0.699. The predicted molar refractivity (Wildman–Crippen MR) is 115 cm³/mol. The number of alkyl halides is 3. The Bertz CT molecular complexity index is 775. The smallest absolute Gasteiger partial charge is 0.416 e. The van der Waals surface area contributed by atoms with Crippen molar-refractivity contribution in [3.63, 3.8) is 0 Å². The van der Waals surface area contributed by atoms with E-state index < -0.39 is 17.3 Å². The molecule has 0 aromatic heterocycles. The third-order valence-corrected chi connectivity index (χ3v) is 6.08. The fourth-order valence-electron chi connectivity index (χ4n) is 4.14. The zero-order valence-electron chi connectivity index (χ0n) is 18.9. The molecule has 0 bridgehead atoms. The summed E-state index contributed by atoms with van der Waals surface area (Å²) < 4.78 is 45.2. The first-order chi connectivity index (χ1) is 14.4. The Morgan fingerprint density at radius 1 is 1.10 bits per heavy atom. The van der Waals surface area contributed by atoms with Crippen molar-refractivity contribution in [1.29, 1.82) is 0 Å². The van der Waals surface area contributed by atoms with E-state index in [-0.39, 0.29) is 11.6 Å². The minimum absolute atomic E-state index is 0.191. The molecule has 0 unspecified atom stereocenters. The van der Waals surface area contributed by atoms with Gasteiger partial charge in [0.1, 0.15) is 5.60 Å². The van der Waals surface area contributed by atoms with Gasteiger partial charge in [-0.25, -0.2) is 4.79 Å². The lowest BCUT2D eigenvalue weighted by Crippen LogP contribution is -2.53.